The minimum Gasteiger partial charge on any atom is -0.394 e. The molecule has 0 unspecified atom stereocenters. The van der Waals surface area contributed by atoms with Gasteiger partial charge in [0, 0.05) is 11.1 Å². The maximum Gasteiger partial charge on any atom is 0.282 e. The fourth-order valence-electron chi connectivity index (χ4n) is 1.43. The molecule has 1 aromatic carbocycles. The summed E-state index contributed by atoms with van der Waals surface area (Å²) in [6, 6.07) is 3.41. The summed E-state index contributed by atoms with van der Waals surface area (Å²) < 4.78 is 0. The summed E-state index contributed by atoms with van der Waals surface area (Å²) in [4.78, 5) is 22.1. The number of aliphatic hydroxyl groups is 3. The second-order valence-corrected chi connectivity index (χ2v) is 4.56. The SMILES string of the molecule is O=C(NC(CO)(CO)CO)c1cc(Cl)ccc1[N+](=O)[O-]. The molecule has 1 rings (SSSR count). The van der Waals surface area contributed by atoms with Gasteiger partial charge in [-0.2, -0.15) is 0 Å². The number of aliphatic hydroxyl groups excluding tert-OH is 3. The largest absolute Gasteiger partial charge is 0.394 e. The Balaban J connectivity index is 3.15. The Morgan fingerprint density at radius 2 is 1.85 bits per heavy atom. The van der Waals surface area contributed by atoms with Crippen molar-refractivity contribution in [3.8, 4) is 0 Å². The van der Waals surface area contributed by atoms with E-state index in [4.69, 9.17) is 26.9 Å². The maximum atomic E-state index is 12.0. The van der Waals surface area contributed by atoms with Gasteiger partial charge in [-0.05, 0) is 12.1 Å². The number of amides is 1. The van der Waals surface area contributed by atoms with Gasteiger partial charge in [0.2, 0.25) is 0 Å². The number of carbonyl (C=O) groups excluding carboxylic acids is 1. The highest BCUT2D eigenvalue weighted by molar-refractivity contribution is 6.31. The quantitative estimate of drug-likeness (QED) is 0.421. The third kappa shape index (κ3) is 3.42. The van der Waals surface area contributed by atoms with Crippen LogP contribution in [0.3, 0.4) is 0 Å². The second kappa shape index (κ2) is 6.62. The molecule has 20 heavy (non-hydrogen) atoms. The summed E-state index contributed by atoms with van der Waals surface area (Å²) in [6.45, 7) is -2.21. The molecule has 0 radical (unpaired) electrons. The van der Waals surface area contributed by atoms with E-state index in [1.807, 2.05) is 0 Å². The third-order valence-corrected chi connectivity index (χ3v) is 2.92. The van der Waals surface area contributed by atoms with E-state index in [9.17, 15) is 14.9 Å². The molecule has 0 bridgehead atoms. The molecule has 1 aromatic rings. The minimum absolute atomic E-state index is 0.114. The molecule has 0 saturated heterocycles. The normalized spacial score (nSPS) is 11.2. The van der Waals surface area contributed by atoms with Crippen molar-refractivity contribution in [2.75, 3.05) is 19.8 Å². The van der Waals surface area contributed by atoms with Crippen LogP contribution in [0.2, 0.25) is 5.02 Å². The van der Waals surface area contributed by atoms with Crippen LogP contribution >= 0.6 is 11.6 Å². The monoisotopic (exact) mass is 304 g/mol. The average Bonchev–Trinajstić information content (AvgIpc) is 2.44. The average molecular weight is 305 g/mol. The van der Waals surface area contributed by atoms with Crippen LogP contribution in [-0.4, -0.2) is 51.5 Å². The van der Waals surface area contributed by atoms with Gasteiger partial charge in [0.15, 0.2) is 0 Å². The molecule has 0 aromatic heterocycles. The van der Waals surface area contributed by atoms with Gasteiger partial charge in [0.05, 0.1) is 24.7 Å². The van der Waals surface area contributed by atoms with Crippen molar-refractivity contribution in [2.24, 2.45) is 0 Å². The number of carbonyl (C=O) groups is 1. The number of hydrogen-bond donors (Lipinski definition) is 4. The van der Waals surface area contributed by atoms with Crippen molar-refractivity contribution >= 4 is 23.2 Å². The number of rotatable bonds is 6. The van der Waals surface area contributed by atoms with Crippen molar-refractivity contribution in [3.63, 3.8) is 0 Å². The summed E-state index contributed by atoms with van der Waals surface area (Å²) >= 11 is 5.69. The molecule has 4 N–H and O–H groups in total. The molecule has 0 heterocycles. The van der Waals surface area contributed by atoms with Crippen molar-refractivity contribution < 1.29 is 25.0 Å². The number of benzene rings is 1. The topological polar surface area (TPSA) is 133 Å². The van der Waals surface area contributed by atoms with Gasteiger partial charge >= 0.3 is 0 Å². The number of nitro groups is 1. The number of nitrogens with zero attached hydrogens (tertiary/aromatic N) is 1. The van der Waals surface area contributed by atoms with Crippen LogP contribution in [0, 0.1) is 10.1 Å². The number of nitro benzene ring substituents is 1. The Bertz CT molecular complexity index is 509. The predicted octanol–water partition coefficient (Wildman–Crippen LogP) is -0.306. The molecule has 9 heteroatoms. The van der Waals surface area contributed by atoms with E-state index < -0.39 is 41.9 Å². The second-order valence-electron chi connectivity index (χ2n) is 4.13. The zero-order valence-electron chi connectivity index (χ0n) is 10.2. The van der Waals surface area contributed by atoms with Crippen LogP contribution in [0.4, 0.5) is 5.69 Å². The summed E-state index contributed by atoms with van der Waals surface area (Å²) in [6.07, 6.45) is 0. The van der Waals surface area contributed by atoms with E-state index >= 15 is 0 Å². The highest BCUT2D eigenvalue weighted by atomic mass is 35.5. The van der Waals surface area contributed by atoms with Crippen LogP contribution < -0.4 is 5.32 Å². The molecule has 0 saturated carbocycles. The Morgan fingerprint density at radius 1 is 1.30 bits per heavy atom. The number of nitrogens with one attached hydrogen (secondary N) is 1. The summed E-state index contributed by atoms with van der Waals surface area (Å²) in [7, 11) is 0. The summed E-state index contributed by atoms with van der Waals surface area (Å²) in [5.74, 6) is -0.934. The highest BCUT2D eigenvalue weighted by Crippen LogP contribution is 2.23. The zero-order chi connectivity index (χ0) is 15.3. The lowest BCUT2D eigenvalue weighted by atomic mass is 10.0. The maximum absolute atomic E-state index is 12.0. The van der Waals surface area contributed by atoms with Gasteiger partial charge < -0.3 is 20.6 Å². The van der Waals surface area contributed by atoms with Gasteiger partial charge in [-0.25, -0.2) is 0 Å². The molecule has 8 nitrogen and oxygen atoms in total. The lowest BCUT2D eigenvalue weighted by Crippen LogP contribution is -2.57. The summed E-state index contributed by atoms with van der Waals surface area (Å²) in [5, 5.41) is 40.5. The van der Waals surface area contributed by atoms with E-state index in [-0.39, 0.29) is 10.6 Å². The molecule has 110 valence electrons. The van der Waals surface area contributed by atoms with E-state index in [1.165, 1.54) is 6.07 Å². The van der Waals surface area contributed by atoms with Gasteiger partial charge in [0.25, 0.3) is 11.6 Å². The molecule has 0 fully saturated rings. The van der Waals surface area contributed by atoms with E-state index in [1.54, 1.807) is 0 Å². The molecular formula is C11H13ClN2O6. The van der Waals surface area contributed by atoms with Crippen LogP contribution in [-0.2, 0) is 0 Å². The van der Waals surface area contributed by atoms with E-state index in [0.29, 0.717) is 0 Å². The fourth-order valence-corrected chi connectivity index (χ4v) is 1.60. The first-order valence-electron chi connectivity index (χ1n) is 5.48. The Labute approximate surface area is 118 Å². The van der Waals surface area contributed by atoms with Gasteiger partial charge in [0.1, 0.15) is 11.1 Å². The predicted molar refractivity (Wildman–Crippen MR) is 69.6 cm³/mol. The standard InChI is InChI=1S/C11H13ClN2O6/c12-7-1-2-9(14(19)20)8(3-7)10(18)13-11(4-15,5-16)6-17/h1-3,15-17H,4-6H2,(H,13,18). The van der Waals surface area contributed by atoms with Crippen molar-refractivity contribution in [3.05, 3.63) is 38.9 Å². The van der Waals surface area contributed by atoms with Crippen LogP contribution in [0.5, 0.6) is 0 Å². The van der Waals surface area contributed by atoms with Gasteiger partial charge in [-0.3, -0.25) is 14.9 Å². The Hall–Kier alpha value is -1.74. The zero-order valence-corrected chi connectivity index (χ0v) is 11.0. The van der Waals surface area contributed by atoms with Crippen LogP contribution in [0.15, 0.2) is 18.2 Å². The lowest BCUT2D eigenvalue weighted by molar-refractivity contribution is -0.385. The van der Waals surface area contributed by atoms with Gasteiger partial charge in [-0.1, -0.05) is 11.6 Å². The number of halogens is 1. The molecule has 0 aliphatic heterocycles. The fraction of sp³-hybridized carbons (Fsp3) is 0.364. The molecule has 0 aliphatic rings. The first-order valence-corrected chi connectivity index (χ1v) is 5.86. The van der Waals surface area contributed by atoms with Crippen LogP contribution in [0.25, 0.3) is 0 Å². The Morgan fingerprint density at radius 3 is 2.30 bits per heavy atom. The highest BCUT2D eigenvalue weighted by Gasteiger charge is 2.32. The Kier molecular flexibility index (Phi) is 5.40. The van der Waals surface area contributed by atoms with Crippen molar-refractivity contribution in [1.82, 2.24) is 5.32 Å². The molecule has 0 atom stereocenters. The number of hydrogen-bond acceptors (Lipinski definition) is 6. The van der Waals surface area contributed by atoms with E-state index in [2.05, 4.69) is 5.32 Å². The van der Waals surface area contributed by atoms with E-state index in [0.717, 1.165) is 12.1 Å². The minimum atomic E-state index is -1.67. The van der Waals surface area contributed by atoms with Crippen LogP contribution in [0.1, 0.15) is 10.4 Å². The molecule has 1 amide bonds. The smallest absolute Gasteiger partial charge is 0.282 e. The van der Waals surface area contributed by atoms with Crippen molar-refractivity contribution in [2.45, 2.75) is 5.54 Å². The molecular weight excluding hydrogens is 292 g/mol. The first-order chi connectivity index (χ1) is 9.39. The molecule has 0 spiro atoms. The lowest BCUT2D eigenvalue weighted by Gasteiger charge is -2.28. The summed E-state index contributed by atoms with van der Waals surface area (Å²) in [5.41, 5.74) is -2.48. The third-order valence-electron chi connectivity index (χ3n) is 2.69. The van der Waals surface area contributed by atoms with Gasteiger partial charge in [-0.15, -0.1) is 0 Å². The van der Waals surface area contributed by atoms with Crippen molar-refractivity contribution in [1.29, 1.82) is 0 Å². The first kappa shape index (κ1) is 16.3. The molecule has 0 aliphatic carbocycles.